The van der Waals surface area contributed by atoms with Crippen LogP contribution in [-0.4, -0.2) is 42.0 Å². The molecule has 1 aromatic heterocycles. The van der Waals surface area contributed by atoms with Gasteiger partial charge >= 0.3 is 0 Å². The second-order valence-electron chi connectivity index (χ2n) is 5.04. The fourth-order valence-electron chi connectivity index (χ4n) is 2.49. The quantitative estimate of drug-likeness (QED) is 0.826. The third kappa shape index (κ3) is 3.99. The van der Waals surface area contributed by atoms with E-state index in [4.69, 9.17) is 0 Å². The second kappa shape index (κ2) is 6.61. The highest BCUT2D eigenvalue weighted by atomic mass is 19.1. The van der Waals surface area contributed by atoms with Crippen LogP contribution in [0.3, 0.4) is 0 Å². The number of hydrogen-bond donors (Lipinski definition) is 1. The first kappa shape index (κ1) is 13.9. The number of amides is 1. The molecule has 5 heteroatoms. The number of halogens is 1. The molecule has 0 aliphatic heterocycles. The first-order valence-corrected chi connectivity index (χ1v) is 6.77. The lowest BCUT2D eigenvalue weighted by molar-refractivity contribution is 0.0946. The Morgan fingerprint density at radius 1 is 1.47 bits per heavy atom. The van der Waals surface area contributed by atoms with E-state index in [-0.39, 0.29) is 5.91 Å². The summed E-state index contributed by atoms with van der Waals surface area (Å²) in [6, 6.07) is 3.29. The number of likely N-dealkylation sites (N-methyl/N-ethyl adjacent to an activating group) is 1. The zero-order valence-electron chi connectivity index (χ0n) is 11.2. The lowest BCUT2D eigenvalue weighted by Crippen LogP contribution is -2.37. The lowest BCUT2D eigenvalue weighted by atomic mass is 10.2. The van der Waals surface area contributed by atoms with E-state index in [9.17, 15) is 9.18 Å². The van der Waals surface area contributed by atoms with E-state index in [1.807, 2.05) is 0 Å². The van der Waals surface area contributed by atoms with E-state index in [1.165, 1.54) is 44.0 Å². The van der Waals surface area contributed by atoms with Crippen molar-refractivity contribution in [3.8, 4) is 0 Å². The van der Waals surface area contributed by atoms with Gasteiger partial charge in [-0.2, -0.15) is 4.39 Å². The van der Waals surface area contributed by atoms with Crippen LogP contribution in [0.15, 0.2) is 18.3 Å². The van der Waals surface area contributed by atoms with Crippen molar-refractivity contribution in [2.45, 2.75) is 31.7 Å². The highest BCUT2D eigenvalue weighted by Crippen LogP contribution is 2.21. The Morgan fingerprint density at radius 3 is 2.84 bits per heavy atom. The van der Waals surface area contributed by atoms with Crippen molar-refractivity contribution in [3.63, 3.8) is 0 Å². The van der Waals surface area contributed by atoms with Gasteiger partial charge in [-0.25, -0.2) is 4.98 Å². The Morgan fingerprint density at radius 2 is 2.21 bits per heavy atom. The summed E-state index contributed by atoms with van der Waals surface area (Å²) in [5, 5.41) is 2.83. The normalized spacial score (nSPS) is 15.9. The Kier molecular flexibility index (Phi) is 4.85. The topological polar surface area (TPSA) is 45.2 Å². The molecule has 0 aromatic carbocycles. The van der Waals surface area contributed by atoms with Gasteiger partial charge in [0.15, 0.2) is 0 Å². The van der Waals surface area contributed by atoms with Crippen LogP contribution >= 0.6 is 0 Å². The minimum absolute atomic E-state index is 0.202. The minimum Gasteiger partial charge on any atom is -0.351 e. The standard InChI is InChI=1S/C14H20FN3O/c1-18(12-4-2-3-5-12)9-8-16-14(19)11-6-7-13(15)17-10-11/h6-7,10,12H,2-5,8-9H2,1H3,(H,16,19). The molecule has 1 amide bonds. The van der Waals surface area contributed by atoms with Crippen molar-refractivity contribution < 1.29 is 9.18 Å². The third-order valence-corrected chi connectivity index (χ3v) is 3.69. The molecule has 0 bridgehead atoms. The number of rotatable bonds is 5. The highest BCUT2D eigenvalue weighted by Gasteiger charge is 2.19. The summed E-state index contributed by atoms with van der Waals surface area (Å²) in [6.45, 7) is 1.44. The Hall–Kier alpha value is -1.49. The van der Waals surface area contributed by atoms with Gasteiger partial charge in [0.2, 0.25) is 5.95 Å². The maximum atomic E-state index is 12.6. The summed E-state index contributed by atoms with van der Waals surface area (Å²) < 4.78 is 12.6. The van der Waals surface area contributed by atoms with E-state index in [2.05, 4.69) is 22.2 Å². The van der Waals surface area contributed by atoms with Crippen molar-refractivity contribution in [1.82, 2.24) is 15.2 Å². The molecule has 1 aliphatic rings. The summed E-state index contributed by atoms with van der Waals surface area (Å²) in [4.78, 5) is 17.5. The first-order chi connectivity index (χ1) is 9.16. The van der Waals surface area contributed by atoms with Crippen molar-refractivity contribution in [3.05, 3.63) is 29.8 Å². The average Bonchev–Trinajstić information content (AvgIpc) is 2.93. The molecule has 2 rings (SSSR count). The smallest absolute Gasteiger partial charge is 0.252 e. The molecule has 1 saturated carbocycles. The van der Waals surface area contributed by atoms with Crippen molar-refractivity contribution in [1.29, 1.82) is 0 Å². The number of nitrogens with zero attached hydrogens (tertiary/aromatic N) is 2. The van der Waals surface area contributed by atoms with Gasteiger partial charge in [0, 0.05) is 25.3 Å². The number of nitrogens with one attached hydrogen (secondary N) is 1. The number of carbonyl (C=O) groups excluding carboxylic acids is 1. The molecule has 0 atom stereocenters. The molecular formula is C14H20FN3O. The molecule has 4 nitrogen and oxygen atoms in total. The third-order valence-electron chi connectivity index (χ3n) is 3.69. The van der Waals surface area contributed by atoms with Crippen LogP contribution < -0.4 is 5.32 Å². The van der Waals surface area contributed by atoms with E-state index < -0.39 is 5.95 Å². The average molecular weight is 265 g/mol. The predicted octanol–water partition coefficient (Wildman–Crippen LogP) is 1.82. The van der Waals surface area contributed by atoms with Crippen LogP contribution in [0, 0.1) is 5.95 Å². The molecule has 0 saturated heterocycles. The molecule has 19 heavy (non-hydrogen) atoms. The van der Waals surface area contributed by atoms with Crippen LogP contribution in [0.4, 0.5) is 4.39 Å². The zero-order valence-corrected chi connectivity index (χ0v) is 11.2. The number of aromatic nitrogens is 1. The van der Waals surface area contributed by atoms with Crippen LogP contribution in [-0.2, 0) is 0 Å². The summed E-state index contributed by atoms with van der Waals surface area (Å²) in [6.07, 6.45) is 6.38. The Bertz CT molecular complexity index is 415. The molecule has 0 spiro atoms. The number of carbonyl (C=O) groups is 1. The molecular weight excluding hydrogens is 245 g/mol. The molecule has 1 N–H and O–H groups in total. The van der Waals surface area contributed by atoms with Gasteiger partial charge in [-0.05, 0) is 32.0 Å². The summed E-state index contributed by atoms with van der Waals surface area (Å²) in [5.74, 6) is -0.773. The highest BCUT2D eigenvalue weighted by molar-refractivity contribution is 5.93. The fourth-order valence-corrected chi connectivity index (χ4v) is 2.49. The Labute approximate surface area is 113 Å². The van der Waals surface area contributed by atoms with Gasteiger partial charge in [0.25, 0.3) is 5.91 Å². The molecule has 0 radical (unpaired) electrons. The predicted molar refractivity (Wildman–Crippen MR) is 71.4 cm³/mol. The number of hydrogen-bond acceptors (Lipinski definition) is 3. The molecule has 1 heterocycles. The minimum atomic E-state index is -0.572. The van der Waals surface area contributed by atoms with Gasteiger partial charge in [-0.3, -0.25) is 4.79 Å². The lowest BCUT2D eigenvalue weighted by Gasteiger charge is -2.23. The SMILES string of the molecule is CN(CCNC(=O)c1ccc(F)nc1)C1CCCC1. The van der Waals surface area contributed by atoms with Gasteiger partial charge in [0.05, 0.1) is 5.56 Å². The molecule has 1 aromatic rings. The summed E-state index contributed by atoms with van der Waals surface area (Å²) in [5.41, 5.74) is 0.393. The molecule has 104 valence electrons. The van der Waals surface area contributed by atoms with E-state index in [0.29, 0.717) is 18.2 Å². The molecule has 1 fully saturated rings. The summed E-state index contributed by atoms with van der Waals surface area (Å²) in [7, 11) is 2.10. The van der Waals surface area contributed by atoms with E-state index in [0.717, 1.165) is 6.54 Å². The van der Waals surface area contributed by atoms with Gasteiger partial charge < -0.3 is 10.2 Å². The summed E-state index contributed by atoms with van der Waals surface area (Å²) >= 11 is 0. The van der Waals surface area contributed by atoms with Gasteiger partial charge in [-0.1, -0.05) is 12.8 Å². The van der Waals surface area contributed by atoms with Crippen molar-refractivity contribution in [2.24, 2.45) is 0 Å². The van der Waals surface area contributed by atoms with Crippen molar-refractivity contribution in [2.75, 3.05) is 20.1 Å². The van der Waals surface area contributed by atoms with Gasteiger partial charge in [-0.15, -0.1) is 0 Å². The second-order valence-corrected chi connectivity index (χ2v) is 5.04. The largest absolute Gasteiger partial charge is 0.351 e. The van der Waals surface area contributed by atoms with Gasteiger partial charge in [0.1, 0.15) is 0 Å². The Balaban J connectivity index is 1.73. The number of pyridine rings is 1. The van der Waals surface area contributed by atoms with Crippen molar-refractivity contribution >= 4 is 5.91 Å². The maximum absolute atomic E-state index is 12.6. The zero-order chi connectivity index (χ0) is 13.7. The van der Waals surface area contributed by atoms with Crippen LogP contribution in [0.1, 0.15) is 36.0 Å². The van der Waals surface area contributed by atoms with E-state index in [1.54, 1.807) is 0 Å². The molecule has 1 aliphatic carbocycles. The van der Waals surface area contributed by atoms with Crippen LogP contribution in [0.5, 0.6) is 0 Å². The van der Waals surface area contributed by atoms with Crippen LogP contribution in [0.2, 0.25) is 0 Å². The van der Waals surface area contributed by atoms with Crippen LogP contribution in [0.25, 0.3) is 0 Å². The fraction of sp³-hybridized carbons (Fsp3) is 0.571. The molecule has 0 unspecified atom stereocenters. The monoisotopic (exact) mass is 265 g/mol. The van der Waals surface area contributed by atoms with E-state index >= 15 is 0 Å². The first-order valence-electron chi connectivity index (χ1n) is 6.77. The maximum Gasteiger partial charge on any atom is 0.252 e.